The molecule has 0 heterocycles. The zero-order valence-electron chi connectivity index (χ0n) is 14.6. The number of halogens is 1. The monoisotopic (exact) mass is 423 g/mol. The second kappa shape index (κ2) is 7.24. The molecular formula is C18H34INO2. The summed E-state index contributed by atoms with van der Waals surface area (Å²) in [6, 6.07) is 0. The highest BCUT2D eigenvalue weighted by Gasteiger charge is 2.51. The van der Waals surface area contributed by atoms with Crippen LogP contribution in [-0.4, -0.2) is 54.6 Å². The van der Waals surface area contributed by atoms with Crippen molar-refractivity contribution in [2.45, 2.75) is 64.1 Å². The van der Waals surface area contributed by atoms with Crippen LogP contribution in [0.3, 0.4) is 0 Å². The summed E-state index contributed by atoms with van der Waals surface area (Å²) < 4.78 is 7.31. The molecule has 1 atom stereocenters. The first-order chi connectivity index (χ1) is 9.96. The molecule has 0 aromatic rings. The van der Waals surface area contributed by atoms with Gasteiger partial charge in [0, 0.05) is 0 Å². The Kier molecular flexibility index (Phi) is 6.23. The molecule has 0 aromatic heterocycles. The van der Waals surface area contributed by atoms with Crippen LogP contribution >= 0.6 is 0 Å². The number of rotatable bonds is 7. The fourth-order valence-electron chi connectivity index (χ4n) is 5.52. The lowest BCUT2D eigenvalue weighted by atomic mass is 9.54. The highest BCUT2D eigenvalue weighted by atomic mass is 127. The van der Waals surface area contributed by atoms with Crippen LogP contribution in [0, 0.1) is 17.8 Å². The minimum Gasteiger partial charge on any atom is -1.00 e. The van der Waals surface area contributed by atoms with E-state index in [9.17, 15) is 5.11 Å². The van der Waals surface area contributed by atoms with Crippen LogP contribution in [0.5, 0.6) is 0 Å². The molecule has 4 fully saturated rings. The molecule has 4 heteroatoms. The predicted molar refractivity (Wildman–Crippen MR) is 85.0 cm³/mol. The lowest BCUT2D eigenvalue weighted by Gasteiger charge is -2.56. The number of nitrogens with zero attached hydrogens (tertiary/aromatic N) is 1. The smallest absolute Gasteiger partial charge is 0.126 e. The van der Waals surface area contributed by atoms with Gasteiger partial charge in [-0.2, -0.15) is 0 Å². The minimum atomic E-state index is -0.317. The van der Waals surface area contributed by atoms with E-state index in [1.165, 1.54) is 38.5 Å². The van der Waals surface area contributed by atoms with Gasteiger partial charge >= 0.3 is 0 Å². The first kappa shape index (κ1) is 18.9. The maximum absolute atomic E-state index is 10.4. The molecule has 22 heavy (non-hydrogen) atoms. The predicted octanol–water partition coefficient (Wildman–Crippen LogP) is -0.177. The van der Waals surface area contributed by atoms with Crippen LogP contribution in [-0.2, 0) is 4.74 Å². The van der Waals surface area contributed by atoms with Gasteiger partial charge in [0.15, 0.2) is 0 Å². The molecule has 1 N–H and O–H groups in total. The van der Waals surface area contributed by atoms with Gasteiger partial charge in [0.2, 0.25) is 0 Å². The van der Waals surface area contributed by atoms with E-state index in [0.717, 1.165) is 41.9 Å². The quantitative estimate of drug-likeness (QED) is 0.455. The summed E-state index contributed by atoms with van der Waals surface area (Å²) in [6.07, 6.45) is 7.82. The van der Waals surface area contributed by atoms with Gasteiger partial charge in [0.05, 0.1) is 32.3 Å². The summed E-state index contributed by atoms with van der Waals surface area (Å²) >= 11 is 0. The van der Waals surface area contributed by atoms with Crippen LogP contribution < -0.4 is 24.0 Å². The van der Waals surface area contributed by atoms with Crippen LogP contribution in [0.1, 0.15) is 52.4 Å². The Labute approximate surface area is 153 Å². The number of aliphatic hydroxyl groups is 1. The molecule has 130 valence electrons. The molecule has 4 bridgehead atoms. The molecule has 0 aliphatic heterocycles. The Morgan fingerprint density at radius 3 is 1.91 bits per heavy atom. The number of ether oxygens (including phenoxy) is 1. The summed E-state index contributed by atoms with van der Waals surface area (Å²) in [7, 11) is 2.23. The molecule has 0 spiro atoms. The van der Waals surface area contributed by atoms with E-state index in [0.29, 0.717) is 6.61 Å². The van der Waals surface area contributed by atoms with Crippen LogP contribution in [0.25, 0.3) is 0 Å². The Balaban J connectivity index is 0.00000176. The van der Waals surface area contributed by atoms with Crippen LogP contribution in [0.2, 0.25) is 0 Å². The topological polar surface area (TPSA) is 29.5 Å². The summed E-state index contributed by atoms with van der Waals surface area (Å²) in [5.41, 5.74) is 0.136. The second-order valence-electron chi connectivity index (χ2n) is 8.50. The van der Waals surface area contributed by atoms with E-state index in [1.807, 2.05) is 0 Å². The van der Waals surface area contributed by atoms with Crippen LogP contribution in [0.15, 0.2) is 0 Å². The normalized spacial score (nSPS) is 37.9. The summed E-state index contributed by atoms with van der Waals surface area (Å²) in [5.74, 6) is 2.75. The van der Waals surface area contributed by atoms with Crippen molar-refractivity contribution in [3.8, 4) is 0 Å². The third-order valence-electron chi connectivity index (χ3n) is 6.74. The van der Waals surface area contributed by atoms with E-state index < -0.39 is 0 Å². The molecule has 4 aliphatic rings. The zero-order valence-corrected chi connectivity index (χ0v) is 16.7. The molecule has 0 aromatic carbocycles. The molecule has 4 aliphatic carbocycles. The molecule has 3 nitrogen and oxygen atoms in total. The third-order valence-corrected chi connectivity index (χ3v) is 6.74. The van der Waals surface area contributed by atoms with Gasteiger partial charge in [0.1, 0.15) is 12.6 Å². The maximum atomic E-state index is 10.4. The number of hydrogen-bond donors (Lipinski definition) is 1. The van der Waals surface area contributed by atoms with E-state index in [2.05, 4.69) is 20.9 Å². The first-order valence-electron chi connectivity index (χ1n) is 9.11. The second-order valence-corrected chi connectivity index (χ2v) is 8.50. The molecule has 4 saturated carbocycles. The standard InChI is InChI=1S/C18H34NO2.HI/c1-4-19(3,5-2)12-17(20)13-21-18-9-14-6-15(10-18)8-16(7-14)11-18;/h14-17,20H,4-13H2,1-3H3;1H/q+1;/p-1. The molecule has 0 amide bonds. The van der Waals surface area contributed by atoms with Gasteiger partial charge in [-0.1, -0.05) is 0 Å². The van der Waals surface area contributed by atoms with Gasteiger partial charge < -0.3 is 38.3 Å². The van der Waals surface area contributed by atoms with Crippen molar-refractivity contribution in [1.29, 1.82) is 0 Å². The van der Waals surface area contributed by atoms with Gasteiger partial charge in [0.25, 0.3) is 0 Å². The van der Waals surface area contributed by atoms with E-state index in [-0.39, 0.29) is 35.7 Å². The van der Waals surface area contributed by atoms with E-state index >= 15 is 0 Å². The third kappa shape index (κ3) is 3.98. The van der Waals surface area contributed by atoms with Gasteiger partial charge in [-0.15, -0.1) is 0 Å². The van der Waals surface area contributed by atoms with Gasteiger partial charge in [-0.05, 0) is 70.1 Å². The van der Waals surface area contributed by atoms with Crippen molar-refractivity contribution in [3.05, 3.63) is 0 Å². The summed E-state index contributed by atoms with van der Waals surface area (Å²) in [6.45, 7) is 7.92. The van der Waals surface area contributed by atoms with Crippen molar-refractivity contribution in [1.82, 2.24) is 0 Å². The largest absolute Gasteiger partial charge is 1.00 e. The summed E-state index contributed by atoms with van der Waals surface area (Å²) in [4.78, 5) is 0. The lowest BCUT2D eigenvalue weighted by Crippen LogP contribution is -3.00. The zero-order chi connectivity index (χ0) is 15.1. The number of hydrogen-bond acceptors (Lipinski definition) is 2. The van der Waals surface area contributed by atoms with Crippen molar-refractivity contribution in [2.24, 2.45) is 17.8 Å². The average Bonchev–Trinajstić information content (AvgIpc) is 2.44. The maximum Gasteiger partial charge on any atom is 0.126 e. The highest BCUT2D eigenvalue weighted by Crippen LogP contribution is 2.57. The fraction of sp³-hybridized carbons (Fsp3) is 1.00. The minimum absolute atomic E-state index is 0. The van der Waals surface area contributed by atoms with Crippen LogP contribution in [0.4, 0.5) is 0 Å². The van der Waals surface area contributed by atoms with Crippen molar-refractivity contribution < 1.29 is 38.3 Å². The molecular weight excluding hydrogens is 389 g/mol. The number of quaternary nitrogens is 1. The van der Waals surface area contributed by atoms with Gasteiger partial charge in [-0.3, -0.25) is 0 Å². The molecule has 1 unspecified atom stereocenters. The number of likely N-dealkylation sites (N-methyl/N-ethyl adjacent to an activating group) is 1. The van der Waals surface area contributed by atoms with Crippen molar-refractivity contribution in [2.75, 3.05) is 33.3 Å². The van der Waals surface area contributed by atoms with Gasteiger partial charge in [-0.25, -0.2) is 0 Å². The average molecular weight is 423 g/mol. The van der Waals surface area contributed by atoms with E-state index in [4.69, 9.17) is 4.74 Å². The highest BCUT2D eigenvalue weighted by molar-refractivity contribution is 5.03. The SMILES string of the molecule is CC[N+](C)(CC)CC(O)COC12CC3CC(CC(C3)C1)C2.[I-]. The fourth-order valence-corrected chi connectivity index (χ4v) is 5.52. The van der Waals surface area contributed by atoms with Crippen molar-refractivity contribution >= 4 is 0 Å². The summed E-state index contributed by atoms with van der Waals surface area (Å²) in [5, 5.41) is 10.4. The molecule has 4 rings (SSSR count). The molecule has 0 radical (unpaired) electrons. The first-order valence-corrected chi connectivity index (χ1v) is 9.11. The van der Waals surface area contributed by atoms with Crippen molar-refractivity contribution in [3.63, 3.8) is 0 Å². The Morgan fingerprint density at radius 1 is 1.05 bits per heavy atom. The van der Waals surface area contributed by atoms with E-state index in [1.54, 1.807) is 0 Å². The Bertz CT molecular complexity index is 335. The number of aliphatic hydroxyl groups excluding tert-OH is 1. The molecule has 0 saturated heterocycles. The Morgan fingerprint density at radius 2 is 1.50 bits per heavy atom. The Hall–Kier alpha value is 0.610. The lowest BCUT2D eigenvalue weighted by molar-refractivity contribution is -0.909.